The minimum atomic E-state index is -0.831. The van der Waals surface area contributed by atoms with Crippen LogP contribution in [0.1, 0.15) is 77.6 Å². The van der Waals surface area contributed by atoms with Crippen molar-refractivity contribution in [2.24, 2.45) is 23.2 Å². The van der Waals surface area contributed by atoms with Crippen LogP contribution in [0.5, 0.6) is 0 Å². The minimum absolute atomic E-state index is 0.172. The first kappa shape index (κ1) is 17.8. The highest BCUT2D eigenvalue weighted by Gasteiger charge is 2.56. The van der Waals surface area contributed by atoms with Gasteiger partial charge in [-0.3, -0.25) is 9.59 Å². The molecule has 0 aromatic carbocycles. The lowest BCUT2D eigenvalue weighted by Gasteiger charge is -2.55. The van der Waals surface area contributed by atoms with E-state index >= 15 is 0 Å². The molecule has 142 valence electrons. The molecular weight excluding hydrogens is 328 g/mol. The summed E-state index contributed by atoms with van der Waals surface area (Å²) in [7, 11) is 0. The van der Waals surface area contributed by atoms with Crippen LogP contribution >= 0.6 is 0 Å². The number of rotatable bonds is 4. The van der Waals surface area contributed by atoms with Crippen LogP contribution in [0.15, 0.2) is 0 Å². The second-order valence-electron chi connectivity index (χ2n) is 9.49. The van der Waals surface area contributed by atoms with E-state index in [2.05, 4.69) is 11.4 Å². The van der Waals surface area contributed by atoms with Gasteiger partial charge in [-0.05, 0) is 76.0 Å². The van der Waals surface area contributed by atoms with Gasteiger partial charge in [0.2, 0.25) is 0 Å². The summed E-state index contributed by atoms with van der Waals surface area (Å²) in [5.74, 6) is 1.51. The lowest BCUT2D eigenvalue weighted by molar-refractivity contribution is -0.178. The summed E-state index contributed by atoms with van der Waals surface area (Å²) >= 11 is 0. The average molecular weight is 358 g/mol. The minimum Gasteiger partial charge on any atom is -0.452 e. The maximum Gasteiger partial charge on any atom is 0.312 e. The second kappa shape index (κ2) is 6.55. The summed E-state index contributed by atoms with van der Waals surface area (Å²) in [4.78, 5) is 25.6. The molecule has 4 bridgehead atoms. The van der Waals surface area contributed by atoms with Gasteiger partial charge in [-0.2, -0.15) is 5.26 Å². The normalized spacial score (nSPS) is 38.2. The molecule has 5 aliphatic rings. The average Bonchev–Trinajstić information content (AvgIpc) is 2.61. The highest BCUT2D eigenvalue weighted by Crippen LogP contribution is 2.60. The molecule has 26 heavy (non-hydrogen) atoms. The van der Waals surface area contributed by atoms with Crippen molar-refractivity contribution >= 4 is 11.9 Å². The molecule has 1 N–H and O–H groups in total. The molecule has 1 amide bonds. The third-order valence-electron chi connectivity index (χ3n) is 7.41. The fourth-order valence-electron chi connectivity index (χ4n) is 6.46. The van der Waals surface area contributed by atoms with E-state index in [1.54, 1.807) is 6.92 Å². The number of hydrogen-bond donors (Lipinski definition) is 1. The zero-order valence-electron chi connectivity index (χ0n) is 15.8. The Kier molecular flexibility index (Phi) is 4.49. The van der Waals surface area contributed by atoms with E-state index < -0.39 is 11.6 Å². The van der Waals surface area contributed by atoms with Crippen LogP contribution in [0.4, 0.5) is 0 Å². The summed E-state index contributed by atoms with van der Waals surface area (Å²) in [6, 6.07) is 2.29. The zero-order chi connectivity index (χ0) is 18.4. The van der Waals surface area contributed by atoms with Crippen molar-refractivity contribution in [3.63, 3.8) is 0 Å². The Morgan fingerprint density at radius 3 is 2.08 bits per heavy atom. The molecule has 0 radical (unpaired) electrons. The van der Waals surface area contributed by atoms with E-state index in [4.69, 9.17) is 4.74 Å². The molecule has 5 nitrogen and oxygen atoms in total. The highest BCUT2D eigenvalue weighted by molar-refractivity contribution is 5.86. The number of esters is 1. The molecule has 0 aromatic heterocycles. The summed E-state index contributed by atoms with van der Waals surface area (Å²) < 4.78 is 5.67. The van der Waals surface area contributed by atoms with Gasteiger partial charge in [-0.25, -0.2) is 0 Å². The largest absolute Gasteiger partial charge is 0.452 e. The number of nitriles is 1. The van der Waals surface area contributed by atoms with Crippen molar-refractivity contribution in [3.8, 4) is 6.07 Å². The number of nitrogens with one attached hydrogen (secondary N) is 1. The van der Waals surface area contributed by atoms with E-state index in [0.29, 0.717) is 30.6 Å². The molecule has 5 fully saturated rings. The smallest absolute Gasteiger partial charge is 0.312 e. The Hall–Kier alpha value is -1.57. The first-order valence-electron chi connectivity index (χ1n) is 10.4. The molecule has 0 spiro atoms. The molecule has 5 rings (SSSR count). The van der Waals surface area contributed by atoms with Gasteiger partial charge in [0.15, 0.2) is 6.10 Å². The van der Waals surface area contributed by atoms with Crippen molar-refractivity contribution in [1.82, 2.24) is 5.32 Å². The topological polar surface area (TPSA) is 79.2 Å². The summed E-state index contributed by atoms with van der Waals surface area (Å²) in [6.07, 6.45) is 10.2. The third kappa shape index (κ3) is 3.12. The molecular formula is C21H30N2O3. The van der Waals surface area contributed by atoms with Crippen LogP contribution in [0.2, 0.25) is 0 Å². The molecule has 5 aliphatic carbocycles. The van der Waals surface area contributed by atoms with Gasteiger partial charge in [-0.15, -0.1) is 0 Å². The van der Waals surface area contributed by atoms with E-state index in [1.807, 2.05) is 0 Å². The molecule has 5 heteroatoms. The number of carbonyl (C=O) groups excluding carboxylic acids is 2. The predicted molar refractivity (Wildman–Crippen MR) is 95.7 cm³/mol. The summed E-state index contributed by atoms with van der Waals surface area (Å²) in [5.41, 5.74) is -1.13. The maximum absolute atomic E-state index is 13.0. The van der Waals surface area contributed by atoms with Crippen LogP contribution in [0.3, 0.4) is 0 Å². The van der Waals surface area contributed by atoms with E-state index in [0.717, 1.165) is 38.5 Å². The SMILES string of the molecule is C[C@H](OC(=O)C12CC3CC(CC(C3)C1)C2)C(=O)NC1(C#N)CCCCC1. The van der Waals surface area contributed by atoms with Crippen LogP contribution < -0.4 is 5.32 Å². The molecule has 0 saturated heterocycles. The van der Waals surface area contributed by atoms with E-state index in [1.165, 1.54) is 19.3 Å². The van der Waals surface area contributed by atoms with Crippen molar-refractivity contribution in [1.29, 1.82) is 5.26 Å². The Morgan fingerprint density at radius 1 is 1.04 bits per heavy atom. The predicted octanol–water partition coefficient (Wildman–Crippen LogP) is 3.48. The fourth-order valence-corrected chi connectivity index (χ4v) is 6.46. The Morgan fingerprint density at radius 2 is 1.58 bits per heavy atom. The Labute approximate surface area is 155 Å². The van der Waals surface area contributed by atoms with Gasteiger partial charge < -0.3 is 10.1 Å². The Bertz CT molecular complexity index is 594. The second-order valence-corrected chi connectivity index (χ2v) is 9.49. The van der Waals surface area contributed by atoms with Crippen LogP contribution in [0, 0.1) is 34.5 Å². The number of carbonyl (C=O) groups is 2. The van der Waals surface area contributed by atoms with Gasteiger partial charge in [0.25, 0.3) is 5.91 Å². The number of nitrogens with zero attached hydrogens (tertiary/aromatic N) is 1. The van der Waals surface area contributed by atoms with Gasteiger partial charge in [0.1, 0.15) is 5.54 Å². The first-order chi connectivity index (χ1) is 12.4. The molecule has 0 aromatic rings. The van der Waals surface area contributed by atoms with Crippen LogP contribution in [-0.4, -0.2) is 23.5 Å². The number of amides is 1. The van der Waals surface area contributed by atoms with Crippen LogP contribution in [0.25, 0.3) is 0 Å². The van der Waals surface area contributed by atoms with E-state index in [9.17, 15) is 14.9 Å². The van der Waals surface area contributed by atoms with Crippen molar-refractivity contribution in [2.75, 3.05) is 0 Å². The molecule has 0 heterocycles. The first-order valence-corrected chi connectivity index (χ1v) is 10.4. The maximum atomic E-state index is 13.0. The van der Waals surface area contributed by atoms with Crippen LogP contribution in [-0.2, 0) is 14.3 Å². The summed E-state index contributed by atoms with van der Waals surface area (Å²) in [6.45, 7) is 1.64. The van der Waals surface area contributed by atoms with Gasteiger partial charge in [0.05, 0.1) is 11.5 Å². The van der Waals surface area contributed by atoms with Gasteiger partial charge in [-0.1, -0.05) is 19.3 Å². The third-order valence-corrected chi connectivity index (χ3v) is 7.41. The molecule has 5 saturated carbocycles. The molecule has 0 unspecified atom stereocenters. The van der Waals surface area contributed by atoms with Gasteiger partial charge >= 0.3 is 5.97 Å². The van der Waals surface area contributed by atoms with Crippen molar-refractivity contribution in [3.05, 3.63) is 0 Å². The fraction of sp³-hybridized carbons (Fsp3) is 0.857. The molecule has 1 atom stereocenters. The standard InChI is InChI=1S/C21H30N2O3/c1-14(18(24)23-21(13-22)5-3-2-4-6-21)26-19(25)20-10-15-7-16(11-20)9-17(8-15)12-20/h14-17H,2-12H2,1H3,(H,23,24)/t14-,15?,16?,17?,20?/m0/s1. The zero-order valence-corrected chi connectivity index (χ0v) is 15.8. The van der Waals surface area contributed by atoms with Crippen molar-refractivity contribution < 1.29 is 14.3 Å². The quantitative estimate of drug-likeness (QED) is 0.780. The number of hydrogen-bond acceptors (Lipinski definition) is 4. The van der Waals surface area contributed by atoms with E-state index in [-0.39, 0.29) is 17.3 Å². The van der Waals surface area contributed by atoms with Crippen molar-refractivity contribution in [2.45, 2.75) is 89.2 Å². The lowest BCUT2D eigenvalue weighted by atomic mass is 9.49. The van der Waals surface area contributed by atoms with Gasteiger partial charge in [0, 0.05) is 0 Å². The summed E-state index contributed by atoms with van der Waals surface area (Å²) in [5, 5.41) is 12.4. The number of ether oxygens (including phenoxy) is 1. The molecule has 0 aliphatic heterocycles. The highest BCUT2D eigenvalue weighted by atomic mass is 16.5. The monoisotopic (exact) mass is 358 g/mol. The Balaban J connectivity index is 1.38. The lowest BCUT2D eigenvalue weighted by Crippen LogP contribution is -2.54.